The van der Waals surface area contributed by atoms with E-state index in [-0.39, 0.29) is 18.5 Å². The van der Waals surface area contributed by atoms with Gasteiger partial charge in [0.1, 0.15) is 0 Å². The van der Waals surface area contributed by atoms with Gasteiger partial charge in [-0.15, -0.1) is 0 Å². The zero-order valence-corrected chi connectivity index (χ0v) is 14.6. The van der Waals surface area contributed by atoms with Gasteiger partial charge in [-0.1, -0.05) is 48.9 Å². The third kappa shape index (κ3) is 5.08. The van der Waals surface area contributed by atoms with E-state index < -0.39 is 0 Å². The van der Waals surface area contributed by atoms with Gasteiger partial charge in [0.05, 0.1) is 17.3 Å². The summed E-state index contributed by atoms with van der Waals surface area (Å²) < 4.78 is 0. The van der Waals surface area contributed by atoms with Gasteiger partial charge in [-0.2, -0.15) is 0 Å². The fourth-order valence-corrected chi connectivity index (χ4v) is 2.60. The Morgan fingerprint density at radius 3 is 2.48 bits per heavy atom. The first-order valence-electron chi connectivity index (χ1n) is 7.87. The van der Waals surface area contributed by atoms with E-state index in [9.17, 15) is 4.79 Å². The standard InChI is InChI=1S/C19H23ClN2O/c1-4-15-6-8-16(9-7-15)14(3)21-12-19(23)22-18-10-5-13(2)11-17(18)20/h5-11,14,21H,4,12H2,1-3H3,(H,22,23)/t14-/m1/s1. The Kier molecular flexibility index (Phi) is 6.20. The van der Waals surface area contributed by atoms with Crippen LogP contribution in [0.2, 0.25) is 5.02 Å². The second kappa shape index (κ2) is 8.14. The Hall–Kier alpha value is -1.84. The first kappa shape index (κ1) is 17.5. The molecule has 0 aliphatic carbocycles. The van der Waals surface area contributed by atoms with Crippen molar-refractivity contribution in [1.29, 1.82) is 0 Å². The number of anilines is 1. The topological polar surface area (TPSA) is 41.1 Å². The number of carbonyl (C=O) groups is 1. The molecule has 4 heteroatoms. The number of carbonyl (C=O) groups excluding carboxylic acids is 1. The normalized spacial score (nSPS) is 12.0. The summed E-state index contributed by atoms with van der Waals surface area (Å²) in [5, 5.41) is 6.62. The second-order valence-electron chi connectivity index (χ2n) is 5.73. The number of benzene rings is 2. The van der Waals surface area contributed by atoms with Crippen LogP contribution in [0.4, 0.5) is 5.69 Å². The lowest BCUT2D eigenvalue weighted by atomic mass is 10.1. The fourth-order valence-electron chi connectivity index (χ4n) is 2.32. The van der Waals surface area contributed by atoms with Crippen LogP contribution in [-0.2, 0) is 11.2 Å². The van der Waals surface area contributed by atoms with Gasteiger partial charge in [-0.3, -0.25) is 4.79 Å². The average Bonchev–Trinajstić information content (AvgIpc) is 2.55. The summed E-state index contributed by atoms with van der Waals surface area (Å²) in [6, 6.07) is 14.1. The maximum Gasteiger partial charge on any atom is 0.238 e. The Labute approximate surface area is 143 Å². The minimum absolute atomic E-state index is 0.104. The fraction of sp³-hybridized carbons (Fsp3) is 0.316. The molecule has 0 aromatic heterocycles. The molecule has 2 rings (SSSR count). The number of nitrogens with one attached hydrogen (secondary N) is 2. The maximum absolute atomic E-state index is 12.1. The lowest BCUT2D eigenvalue weighted by Crippen LogP contribution is -2.30. The smallest absolute Gasteiger partial charge is 0.238 e. The number of rotatable bonds is 6. The number of amides is 1. The van der Waals surface area contributed by atoms with E-state index in [1.165, 1.54) is 11.1 Å². The Bertz CT molecular complexity index is 668. The van der Waals surface area contributed by atoms with Crippen LogP contribution in [0.3, 0.4) is 0 Å². The summed E-state index contributed by atoms with van der Waals surface area (Å²) in [6.07, 6.45) is 1.03. The highest BCUT2D eigenvalue weighted by Crippen LogP contribution is 2.22. The molecule has 0 unspecified atom stereocenters. The summed E-state index contributed by atoms with van der Waals surface area (Å²) in [5.74, 6) is -0.104. The van der Waals surface area contributed by atoms with E-state index in [2.05, 4.69) is 41.8 Å². The van der Waals surface area contributed by atoms with Gasteiger partial charge in [-0.25, -0.2) is 0 Å². The van der Waals surface area contributed by atoms with E-state index in [1.54, 1.807) is 0 Å². The van der Waals surface area contributed by atoms with Gasteiger partial charge < -0.3 is 10.6 Å². The molecule has 2 aromatic rings. The molecule has 0 bridgehead atoms. The number of hydrogen-bond donors (Lipinski definition) is 2. The van der Waals surface area contributed by atoms with E-state index in [0.29, 0.717) is 10.7 Å². The molecule has 1 atom stereocenters. The van der Waals surface area contributed by atoms with Gasteiger partial charge in [0.15, 0.2) is 0 Å². The van der Waals surface area contributed by atoms with Gasteiger partial charge in [0, 0.05) is 6.04 Å². The molecule has 0 saturated heterocycles. The summed E-state index contributed by atoms with van der Waals surface area (Å²) in [5.41, 5.74) is 4.19. The van der Waals surface area contributed by atoms with Crippen molar-refractivity contribution in [2.24, 2.45) is 0 Å². The highest BCUT2D eigenvalue weighted by atomic mass is 35.5. The highest BCUT2D eigenvalue weighted by Gasteiger charge is 2.09. The minimum Gasteiger partial charge on any atom is -0.324 e. The zero-order chi connectivity index (χ0) is 16.8. The summed E-state index contributed by atoms with van der Waals surface area (Å²) >= 11 is 6.13. The second-order valence-corrected chi connectivity index (χ2v) is 6.14. The lowest BCUT2D eigenvalue weighted by Gasteiger charge is -2.15. The average molecular weight is 331 g/mol. The van der Waals surface area contributed by atoms with Gasteiger partial charge in [-0.05, 0) is 49.1 Å². The molecule has 2 N–H and O–H groups in total. The zero-order valence-electron chi connectivity index (χ0n) is 13.8. The molecule has 0 spiro atoms. The van der Waals surface area contributed by atoms with Gasteiger partial charge >= 0.3 is 0 Å². The molecule has 0 aliphatic heterocycles. The van der Waals surface area contributed by atoms with Crippen molar-refractivity contribution in [2.45, 2.75) is 33.2 Å². The quantitative estimate of drug-likeness (QED) is 0.818. The van der Waals surface area contributed by atoms with E-state index in [4.69, 9.17) is 11.6 Å². The largest absolute Gasteiger partial charge is 0.324 e. The Morgan fingerprint density at radius 2 is 1.87 bits per heavy atom. The van der Waals surface area contributed by atoms with Crippen molar-refractivity contribution in [1.82, 2.24) is 5.32 Å². The van der Waals surface area contributed by atoms with Crippen LogP contribution in [0.5, 0.6) is 0 Å². The number of aryl methyl sites for hydroxylation is 2. The monoisotopic (exact) mass is 330 g/mol. The Balaban J connectivity index is 1.87. The van der Waals surface area contributed by atoms with E-state index >= 15 is 0 Å². The summed E-state index contributed by atoms with van der Waals surface area (Å²) in [4.78, 5) is 12.1. The summed E-state index contributed by atoms with van der Waals surface area (Å²) in [6.45, 7) is 6.38. The van der Waals surface area contributed by atoms with Crippen LogP contribution in [0.15, 0.2) is 42.5 Å². The van der Waals surface area contributed by atoms with E-state index in [0.717, 1.165) is 12.0 Å². The minimum atomic E-state index is -0.104. The van der Waals surface area contributed by atoms with Crippen LogP contribution in [-0.4, -0.2) is 12.5 Å². The van der Waals surface area contributed by atoms with Crippen LogP contribution < -0.4 is 10.6 Å². The molecule has 0 saturated carbocycles. The third-order valence-corrected chi connectivity index (χ3v) is 4.17. The molecule has 2 aromatic carbocycles. The maximum atomic E-state index is 12.1. The van der Waals surface area contributed by atoms with Gasteiger partial charge in [0.2, 0.25) is 5.91 Å². The molecule has 0 aliphatic rings. The highest BCUT2D eigenvalue weighted by molar-refractivity contribution is 6.33. The molecule has 0 radical (unpaired) electrons. The van der Waals surface area contributed by atoms with Crippen molar-refractivity contribution >= 4 is 23.2 Å². The van der Waals surface area contributed by atoms with E-state index in [1.807, 2.05) is 32.0 Å². The molecule has 0 heterocycles. The van der Waals surface area contributed by atoms with Crippen molar-refractivity contribution in [3.63, 3.8) is 0 Å². The van der Waals surface area contributed by atoms with Crippen molar-refractivity contribution in [3.8, 4) is 0 Å². The molecule has 23 heavy (non-hydrogen) atoms. The first-order chi connectivity index (χ1) is 11.0. The predicted molar refractivity (Wildman–Crippen MR) is 97.1 cm³/mol. The molecule has 3 nitrogen and oxygen atoms in total. The molecular weight excluding hydrogens is 308 g/mol. The molecular formula is C19H23ClN2O. The number of hydrogen-bond acceptors (Lipinski definition) is 2. The summed E-state index contributed by atoms with van der Waals surface area (Å²) in [7, 11) is 0. The Morgan fingerprint density at radius 1 is 1.17 bits per heavy atom. The molecule has 1 amide bonds. The predicted octanol–water partition coefficient (Wildman–Crippen LogP) is 4.50. The number of halogens is 1. The van der Waals surface area contributed by atoms with Crippen LogP contribution in [0.25, 0.3) is 0 Å². The molecule has 0 fully saturated rings. The SMILES string of the molecule is CCc1ccc([C@@H](C)NCC(=O)Nc2ccc(C)cc2Cl)cc1. The van der Waals surface area contributed by atoms with Crippen molar-refractivity contribution in [2.75, 3.05) is 11.9 Å². The van der Waals surface area contributed by atoms with Crippen LogP contribution in [0.1, 0.15) is 36.6 Å². The van der Waals surface area contributed by atoms with Crippen molar-refractivity contribution < 1.29 is 4.79 Å². The molecule has 122 valence electrons. The third-order valence-electron chi connectivity index (χ3n) is 3.86. The van der Waals surface area contributed by atoms with Crippen molar-refractivity contribution in [3.05, 3.63) is 64.2 Å². The van der Waals surface area contributed by atoms with Crippen LogP contribution in [0, 0.1) is 6.92 Å². The van der Waals surface area contributed by atoms with Gasteiger partial charge in [0.25, 0.3) is 0 Å². The van der Waals surface area contributed by atoms with Crippen LogP contribution >= 0.6 is 11.6 Å². The lowest BCUT2D eigenvalue weighted by molar-refractivity contribution is -0.115. The first-order valence-corrected chi connectivity index (χ1v) is 8.25.